The summed E-state index contributed by atoms with van der Waals surface area (Å²) in [5, 5.41) is 12.4. The maximum Gasteiger partial charge on any atom is 0.452 e. The third-order valence-corrected chi connectivity index (χ3v) is 4.91. The lowest BCUT2D eigenvalue weighted by Gasteiger charge is -2.38. The van der Waals surface area contributed by atoms with Crippen LogP contribution in [0, 0.1) is 22.2 Å². The number of likely N-dealkylation sites (tertiary alicyclic amines) is 1. The molecular formula is C17H16F3N3O3. The molecule has 1 unspecified atom stereocenters. The first-order valence-corrected chi connectivity index (χ1v) is 7.98. The number of carbonyl (C=O) groups excluding carboxylic acids is 2. The van der Waals surface area contributed by atoms with Gasteiger partial charge in [0.1, 0.15) is 6.07 Å². The lowest BCUT2D eigenvalue weighted by atomic mass is 9.64. The predicted molar refractivity (Wildman–Crippen MR) is 81.6 cm³/mol. The Kier molecular flexibility index (Phi) is 3.98. The molecule has 1 fully saturated rings. The predicted octanol–water partition coefficient (Wildman–Crippen LogP) is 2.97. The van der Waals surface area contributed by atoms with Crippen molar-refractivity contribution in [2.75, 3.05) is 13.1 Å². The van der Waals surface area contributed by atoms with Gasteiger partial charge in [0.2, 0.25) is 5.76 Å². The SMILES string of the molecule is CC1(C)CC2(C=C(C#N)C1=O)CCN(C(=O)c1cc(C(F)(F)F)on1)C2. The highest BCUT2D eigenvalue weighted by molar-refractivity contribution is 6.03. The molecule has 2 aliphatic rings. The van der Waals surface area contributed by atoms with Crippen molar-refractivity contribution in [3.05, 3.63) is 29.2 Å². The third-order valence-electron chi connectivity index (χ3n) is 4.91. The molecule has 1 aliphatic carbocycles. The number of Topliss-reactive ketones (excluding diaryl/α,β-unsaturated/α-hetero) is 1. The van der Waals surface area contributed by atoms with E-state index in [1.807, 2.05) is 6.07 Å². The van der Waals surface area contributed by atoms with E-state index >= 15 is 0 Å². The molecule has 26 heavy (non-hydrogen) atoms. The molecule has 0 radical (unpaired) electrons. The van der Waals surface area contributed by atoms with Gasteiger partial charge in [-0.25, -0.2) is 0 Å². The van der Waals surface area contributed by atoms with E-state index in [0.717, 1.165) is 0 Å². The summed E-state index contributed by atoms with van der Waals surface area (Å²) in [5.74, 6) is -2.23. The molecule has 1 aromatic rings. The van der Waals surface area contributed by atoms with Crippen molar-refractivity contribution < 1.29 is 27.3 Å². The van der Waals surface area contributed by atoms with Gasteiger partial charge in [-0.2, -0.15) is 18.4 Å². The van der Waals surface area contributed by atoms with Gasteiger partial charge < -0.3 is 9.42 Å². The van der Waals surface area contributed by atoms with Crippen LogP contribution in [0.4, 0.5) is 13.2 Å². The largest absolute Gasteiger partial charge is 0.452 e. The summed E-state index contributed by atoms with van der Waals surface area (Å²) in [7, 11) is 0. The monoisotopic (exact) mass is 367 g/mol. The molecule has 6 nitrogen and oxygen atoms in total. The third kappa shape index (κ3) is 3.00. The summed E-state index contributed by atoms with van der Waals surface area (Å²) in [5.41, 5.74) is -1.63. The minimum absolute atomic E-state index is 0.0661. The van der Waals surface area contributed by atoms with Gasteiger partial charge in [-0.05, 0) is 12.8 Å². The van der Waals surface area contributed by atoms with E-state index in [4.69, 9.17) is 0 Å². The van der Waals surface area contributed by atoms with E-state index in [0.29, 0.717) is 25.5 Å². The van der Waals surface area contributed by atoms with Gasteiger partial charge in [0.25, 0.3) is 5.91 Å². The summed E-state index contributed by atoms with van der Waals surface area (Å²) >= 11 is 0. The lowest BCUT2D eigenvalue weighted by Crippen LogP contribution is -2.40. The van der Waals surface area contributed by atoms with Crippen LogP contribution in [0.1, 0.15) is 42.9 Å². The summed E-state index contributed by atoms with van der Waals surface area (Å²) in [6.45, 7) is 4.01. The number of nitriles is 1. The highest BCUT2D eigenvalue weighted by atomic mass is 19.4. The number of carbonyl (C=O) groups is 2. The molecule has 1 aromatic heterocycles. The van der Waals surface area contributed by atoms with Crippen molar-refractivity contribution in [3.63, 3.8) is 0 Å². The van der Waals surface area contributed by atoms with Crippen LogP contribution in [-0.4, -0.2) is 34.8 Å². The molecule has 1 saturated heterocycles. The zero-order chi connectivity index (χ0) is 19.3. The standard InChI is InChI=1S/C17H16F3N3O3/c1-15(2)8-16(6-10(7-21)13(15)24)3-4-23(9-16)14(25)11-5-12(26-22-11)17(18,19)20/h5-6H,3-4,8-9H2,1-2H3. The van der Waals surface area contributed by atoms with Gasteiger partial charge in [-0.15, -0.1) is 0 Å². The molecule has 0 bridgehead atoms. The van der Waals surface area contributed by atoms with Gasteiger partial charge in [-0.3, -0.25) is 9.59 Å². The average Bonchev–Trinajstić information content (AvgIpc) is 3.17. The van der Waals surface area contributed by atoms with Crippen molar-refractivity contribution in [2.45, 2.75) is 32.9 Å². The molecule has 2 heterocycles. The molecule has 138 valence electrons. The number of hydrogen-bond acceptors (Lipinski definition) is 5. The van der Waals surface area contributed by atoms with E-state index in [-0.39, 0.29) is 17.9 Å². The Morgan fingerprint density at radius 3 is 2.69 bits per heavy atom. The number of halogens is 3. The number of aromatic nitrogens is 1. The van der Waals surface area contributed by atoms with Crippen LogP contribution in [0.25, 0.3) is 0 Å². The quantitative estimate of drug-likeness (QED) is 0.762. The number of allylic oxidation sites excluding steroid dienone is 1. The molecule has 3 rings (SSSR count). The Morgan fingerprint density at radius 1 is 1.42 bits per heavy atom. The second kappa shape index (κ2) is 5.69. The van der Waals surface area contributed by atoms with E-state index in [1.165, 1.54) is 4.90 Å². The van der Waals surface area contributed by atoms with Gasteiger partial charge in [0.05, 0.1) is 5.57 Å². The molecule has 0 saturated carbocycles. The van der Waals surface area contributed by atoms with Crippen LogP contribution >= 0.6 is 0 Å². The molecule has 9 heteroatoms. The van der Waals surface area contributed by atoms with Gasteiger partial charge in [0, 0.05) is 30.0 Å². The minimum Gasteiger partial charge on any atom is -0.351 e. The highest BCUT2D eigenvalue weighted by Gasteiger charge is 2.49. The first-order valence-electron chi connectivity index (χ1n) is 7.98. The molecular weight excluding hydrogens is 351 g/mol. The van der Waals surface area contributed by atoms with Crippen LogP contribution in [0.15, 0.2) is 22.2 Å². The zero-order valence-corrected chi connectivity index (χ0v) is 14.2. The fraction of sp³-hybridized carbons (Fsp3) is 0.529. The zero-order valence-electron chi connectivity index (χ0n) is 14.2. The van der Waals surface area contributed by atoms with Gasteiger partial charge in [0.15, 0.2) is 11.5 Å². The molecule has 1 amide bonds. The maximum atomic E-state index is 12.6. The second-order valence-electron chi connectivity index (χ2n) is 7.47. The van der Waals surface area contributed by atoms with E-state index < -0.39 is 34.4 Å². The van der Waals surface area contributed by atoms with Crippen molar-refractivity contribution >= 4 is 11.7 Å². The van der Waals surface area contributed by atoms with Crippen LogP contribution in [0.5, 0.6) is 0 Å². The normalized spacial score (nSPS) is 25.3. The van der Waals surface area contributed by atoms with Gasteiger partial charge in [-0.1, -0.05) is 25.1 Å². The molecule has 1 aliphatic heterocycles. The highest BCUT2D eigenvalue weighted by Crippen LogP contribution is 2.48. The van der Waals surface area contributed by atoms with Gasteiger partial charge >= 0.3 is 6.18 Å². The Bertz CT molecular complexity index is 847. The maximum absolute atomic E-state index is 12.6. The second-order valence-corrected chi connectivity index (χ2v) is 7.47. The molecule has 1 spiro atoms. The number of alkyl halides is 3. The molecule has 0 N–H and O–H groups in total. The Morgan fingerprint density at radius 2 is 2.12 bits per heavy atom. The Hall–Kier alpha value is -2.63. The van der Waals surface area contributed by atoms with Crippen molar-refractivity contribution in [2.24, 2.45) is 10.8 Å². The molecule has 0 aromatic carbocycles. The average molecular weight is 367 g/mol. The van der Waals surface area contributed by atoms with E-state index in [1.54, 1.807) is 19.9 Å². The number of rotatable bonds is 1. The van der Waals surface area contributed by atoms with Crippen LogP contribution < -0.4 is 0 Å². The summed E-state index contributed by atoms with van der Waals surface area (Å²) in [6.07, 6.45) is -2.13. The number of ketones is 1. The summed E-state index contributed by atoms with van der Waals surface area (Å²) < 4.78 is 42.0. The summed E-state index contributed by atoms with van der Waals surface area (Å²) in [6, 6.07) is 2.49. The van der Waals surface area contributed by atoms with Crippen molar-refractivity contribution in [3.8, 4) is 6.07 Å². The number of amides is 1. The Balaban J connectivity index is 1.83. The smallest absolute Gasteiger partial charge is 0.351 e. The number of nitrogens with zero attached hydrogens (tertiary/aromatic N) is 3. The fourth-order valence-electron chi connectivity index (χ4n) is 3.83. The fourth-order valence-corrected chi connectivity index (χ4v) is 3.83. The van der Waals surface area contributed by atoms with E-state index in [2.05, 4.69) is 9.68 Å². The molecule has 1 atom stereocenters. The topological polar surface area (TPSA) is 87.2 Å². The van der Waals surface area contributed by atoms with Crippen LogP contribution in [0.3, 0.4) is 0 Å². The first-order chi connectivity index (χ1) is 12.0. The lowest BCUT2D eigenvalue weighted by molar-refractivity contribution is -0.155. The Labute approximate surface area is 147 Å². The van der Waals surface area contributed by atoms with Crippen molar-refractivity contribution in [1.29, 1.82) is 5.26 Å². The minimum atomic E-state index is -4.71. The van der Waals surface area contributed by atoms with Crippen LogP contribution in [0.2, 0.25) is 0 Å². The van der Waals surface area contributed by atoms with Crippen LogP contribution in [-0.2, 0) is 11.0 Å². The summed E-state index contributed by atoms with van der Waals surface area (Å²) in [4.78, 5) is 26.1. The first kappa shape index (κ1) is 18.2. The van der Waals surface area contributed by atoms with E-state index in [9.17, 15) is 28.0 Å². The number of hydrogen-bond donors (Lipinski definition) is 0. The van der Waals surface area contributed by atoms with Crippen molar-refractivity contribution in [1.82, 2.24) is 10.1 Å².